The van der Waals surface area contributed by atoms with E-state index in [0.717, 1.165) is 34.5 Å². The molecule has 0 heterocycles. The van der Waals surface area contributed by atoms with E-state index in [-0.39, 0.29) is 0 Å². The van der Waals surface area contributed by atoms with Crippen LogP contribution in [0.2, 0.25) is 0 Å². The van der Waals surface area contributed by atoms with Crippen LogP contribution in [-0.2, 0) is 10.5 Å². The fourth-order valence-corrected chi connectivity index (χ4v) is 2.04. The van der Waals surface area contributed by atoms with Crippen LogP contribution < -0.4 is 4.74 Å². The van der Waals surface area contributed by atoms with Crippen LogP contribution in [0.1, 0.15) is 18.1 Å². The fraction of sp³-hybridized carbons (Fsp3) is 0.308. The molecule has 0 radical (unpaired) electrons. The van der Waals surface area contributed by atoms with Crippen molar-refractivity contribution in [3.63, 3.8) is 0 Å². The SMILES string of the molecule is CCSCc1cc(/C=C/C(=O)O)ccc1OC. The number of thioether (sulfide) groups is 1. The summed E-state index contributed by atoms with van der Waals surface area (Å²) in [5, 5.41) is 8.57. The van der Waals surface area contributed by atoms with Crippen molar-refractivity contribution in [1.82, 2.24) is 0 Å². The number of carboxylic acid groups (broad SMARTS) is 1. The molecule has 17 heavy (non-hydrogen) atoms. The second kappa shape index (κ2) is 7.01. The predicted molar refractivity (Wildman–Crippen MR) is 71.5 cm³/mol. The summed E-state index contributed by atoms with van der Waals surface area (Å²) in [5.74, 6) is 1.82. The highest BCUT2D eigenvalue weighted by atomic mass is 32.2. The zero-order valence-electron chi connectivity index (χ0n) is 9.97. The van der Waals surface area contributed by atoms with Crippen molar-refractivity contribution in [3.05, 3.63) is 35.4 Å². The van der Waals surface area contributed by atoms with Crippen molar-refractivity contribution in [2.45, 2.75) is 12.7 Å². The molecule has 1 aromatic carbocycles. The van der Waals surface area contributed by atoms with Crippen molar-refractivity contribution in [3.8, 4) is 5.75 Å². The molecule has 4 heteroatoms. The van der Waals surface area contributed by atoms with Gasteiger partial charge in [0, 0.05) is 17.4 Å². The molecule has 1 rings (SSSR count). The summed E-state index contributed by atoms with van der Waals surface area (Å²) in [6.07, 6.45) is 2.72. The number of hydrogen-bond donors (Lipinski definition) is 1. The molecule has 0 aromatic heterocycles. The third-order valence-electron chi connectivity index (χ3n) is 2.18. The smallest absolute Gasteiger partial charge is 0.328 e. The summed E-state index contributed by atoms with van der Waals surface area (Å²) in [6, 6.07) is 5.67. The van der Waals surface area contributed by atoms with Crippen molar-refractivity contribution in [2.75, 3.05) is 12.9 Å². The minimum Gasteiger partial charge on any atom is -0.496 e. The average molecular weight is 252 g/mol. The first-order valence-electron chi connectivity index (χ1n) is 5.33. The van der Waals surface area contributed by atoms with Crippen LogP contribution in [0.15, 0.2) is 24.3 Å². The second-order valence-corrected chi connectivity index (χ2v) is 4.65. The van der Waals surface area contributed by atoms with Crippen LogP contribution in [-0.4, -0.2) is 23.9 Å². The highest BCUT2D eigenvalue weighted by Gasteiger charge is 2.03. The molecule has 0 atom stereocenters. The summed E-state index contributed by atoms with van der Waals surface area (Å²) in [5.41, 5.74) is 1.96. The first-order valence-corrected chi connectivity index (χ1v) is 6.48. The van der Waals surface area contributed by atoms with Gasteiger partial charge in [-0.3, -0.25) is 0 Å². The van der Waals surface area contributed by atoms with Gasteiger partial charge in [0.05, 0.1) is 7.11 Å². The molecule has 0 saturated heterocycles. The van der Waals surface area contributed by atoms with Gasteiger partial charge in [-0.05, 0) is 29.5 Å². The molecule has 0 unspecified atom stereocenters. The Hall–Kier alpha value is -1.42. The molecule has 3 nitrogen and oxygen atoms in total. The Morgan fingerprint density at radius 1 is 1.53 bits per heavy atom. The average Bonchev–Trinajstić information content (AvgIpc) is 2.33. The molecule has 0 aliphatic carbocycles. The maximum absolute atomic E-state index is 10.4. The van der Waals surface area contributed by atoms with E-state index < -0.39 is 5.97 Å². The first kappa shape index (κ1) is 13.6. The van der Waals surface area contributed by atoms with Crippen LogP contribution >= 0.6 is 11.8 Å². The summed E-state index contributed by atoms with van der Waals surface area (Å²) >= 11 is 1.80. The first-order chi connectivity index (χ1) is 8.17. The maximum Gasteiger partial charge on any atom is 0.328 e. The number of carbonyl (C=O) groups is 1. The van der Waals surface area contributed by atoms with Crippen LogP contribution in [0.3, 0.4) is 0 Å². The monoisotopic (exact) mass is 252 g/mol. The molecular weight excluding hydrogens is 236 g/mol. The van der Waals surface area contributed by atoms with Crippen LogP contribution in [0.4, 0.5) is 0 Å². The highest BCUT2D eigenvalue weighted by molar-refractivity contribution is 7.98. The number of benzene rings is 1. The number of ether oxygens (including phenoxy) is 1. The van der Waals surface area contributed by atoms with Gasteiger partial charge in [0.2, 0.25) is 0 Å². The van der Waals surface area contributed by atoms with Gasteiger partial charge in [-0.15, -0.1) is 0 Å². The van der Waals surface area contributed by atoms with E-state index in [4.69, 9.17) is 9.84 Å². The molecule has 0 aliphatic rings. The van der Waals surface area contributed by atoms with Gasteiger partial charge < -0.3 is 9.84 Å². The Morgan fingerprint density at radius 3 is 2.88 bits per heavy atom. The molecule has 1 N–H and O–H groups in total. The number of carboxylic acids is 1. The van der Waals surface area contributed by atoms with Crippen molar-refractivity contribution in [1.29, 1.82) is 0 Å². The maximum atomic E-state index is 10.4. The lowest BCUT2D eigenvalue weighted by Crippen LogP contribution is -1.92. The zero-order valence-corrected chi connectivity index (χ0v) is 10.8. The minimum atomic E-state index is -0.940. The summed E-state index contributed by atoms with van der Waals surface area (Å²) in [4.78, 5) is 10.4. The summed E-state index contributed by atoms with van der Waals surface area (Å²) in [7, 11) is 1.64. The molecule has 0 amide bonds. The van der Waals surface area contributed by atoms with E-state index in [1.807, 2.05) is 18.2 Å². The van der Waals surface area contributed by atoms with Crippen molar-refractivity contribution >= 4 is 23.8 Å². The molecule has 0 bridgehead atoms. The predicted octanol–water partition coefficient (Wildman–Crippen LogP) is 3.05. The van der Waals surface area contributed by atoms with Crippen molar-refractivity contribution < 1.29 is 14.6 Å². The summed E-state index contributed by atoms with van der Waals surface area (Å²) in [6.45, 7) is 2.10. The number of methoxy groups -OCH3 is 1. The Bertz CT molecular complexity index is 413. The number of hydrogen-bond acceptors (Lipinski definition) is 3. The molecule has 0 spiro atoms. The Balaban J connectivity index is 2.91. The van der Waals surface area contributed by atoms with E-state index in [0.29, 0.717) is 0 Å². The minimum absolute atomic E-state index is 0.846. The lowest BCUT2D eigenvalue weighted by Gasteiger charge is -2.08. The Labute approximate surface area is 105 Å². The molecule has 92 valence electrons. The van der Waals surface area contributed by atoms with Gasteiger partial charge in [0.1, 0.15) is 5.75 Å². The standard InChI is InChI=1S/C13H16O3S/c1-3-17-9-11-8-10(5-7-13(14)15)4-6-12(11)16-2/h4-8H,3,9H2,1-2H3,(H,14,15)/b7-5+. The van der Waals surface area contributed by atoms with E-state index in [2.05, 4.69) is 6.92 Å². The van der Waals surface area contributed by atoms with Gasteiger partial charge in [-0.1, -0.05) is 13.0 Å². The van der Waals surface area contributed by atoms with E-state index in [1.54, 1.807) is 24.9 Å². The largest absolute Gasteiger partial charge is 0.496 e. The Morgan fingerprint density at radius 2 is 2.29 bits per heavy atom. The molecule has 0 fully saturated rings. The number of aliphatic carboxylic acids is 1. The van der Waals surface area contributed by atoms with Gasteiger partial charge in [0.15, 0.2) is 0 Å². The zero-order chi connectivity index (χ0) is 12.7. The Kier molecular flexibility index (Phi) is 5.63. The molecular formula is C13H16O3S. The van der Waals surface area contributed by atoms with Crippen LogP contribution in [0.5, 0.6) is 5.75 Å². The highest BCUT2D eigenvalue weighted by Crippen LogP contribution is 2.24. The normalized spacial score (nSPS) is 10.7. The molecule has 0 aliphatic heterocycles. The van der Waals surface area contributed by atoms with Crippen LogP contribution in [0.25, 0.3) is 6.08 Å². The van der Waals surface area contributed by atoms with Crippen molar-refractivity contribution in [2.24, 2.45) is 0 Å². The lowest BCUT2D eigenvalue weighted by atomic mass is 10.1. The van der Waals surface area contributed by atoms with Gasteiger partial charge in [0.25, 0.3) is 0 Å². The van der Waals surface area contributed by atoms with Gasteiger partial charge in [-0.25, -0.2) is 4.79 Å². The number of rotatable bonds is 6. The topological polar surface area (TPSA) is 46.5 Å². The second-order valence-electron chi connectivity index (χ2n) is 3.38. The third-order valence-corrected chi connectivity index (χ3v) is 3.11. The third kappa shape index (κ3) is 4.53. The summed E-state index contributed by atoms with van der Waals surface area (Å²) < 4.78 is 5.27. The quantitative estimate of drug-likeness (QED) is 0.790. The fourth-order valence-electron chi connectivity index (χ4n) is 1.39. The van der Waals surface area contributed by atoms with E-state index in [9.17, 15) is 4.79 Å². The molecule has 1 aromatic rings. The van der Waals surface area contributed by atoms with E-state index >= 15 is 0 Å². The lowest BCUT2D eigenvalue weighted by molar-refractivity contribution is -0.131. The van der Waals surface area contributed by atoms with Crippen LogP contribution in [0, 0.1) is 0 Å². The van der Waals surface area contributed by atoms with Gasteiger partial charge in [-0.2, -0.15) is 11.8 Å². The molecule has 0 saturated carbocycles. The van der Waals surface area contributed by atoms with Gasteiger partial charge >= 0.3 is 5.97 Å². The van der Waals surface area contributed by atoms with E-state index in [1.165, 1.54) is 0 Å².